The van der Waals surface area contributed by atoms with E-state index < -0.39 is 22.9 Å². The molecule has 0 fully saturated rings. The van der Waals surface area contributed by atoms with Gasteiger partial charge in [0.15, 0.2) is 0 Å². The number of benzene rings is 1. The lowest BCUT2D eigenvalue weighted by Crippen LogP contribution is -2.25. The second-order valence-corrected chi connectivity index (χ2v) is 7.66. The van der Waals surface area contributed by atoms with E-state index in [4.69, 9.17) is 26.7 Å². The van der Waals surface area contributed by atoms with Gasteiger partial charge in [-0.15, -0.1) is 11.3 Å². The van der Waals surface area contributed by atoms with Crippen LogP contribution in [0.2, 0.25) is 5.02 Å². The molecule has 10 heteroatoms. The number of ether oxygens (including phenoxy) is 1. The third-order valence-corrected chi connectivity index (χ3v) is 5.72. The van der Waals surface area contributed by atoms with Crippen LogP contribution in [0.1, 0.15) is 11.1 Å². The Hall–Kier alpha value is -2.80. The third kappa shape index (κ3) is 4.21. The van der Waals surface area contributed by atoms with Crippen molar-refractivity contribution < 1.29 is 23.0 Å². The minimum absolute atomic E-state index is 0.0524. The molecule has 30 heavy (non-hydrogen) atoms. The molecule has 0 spiro atoms. The van der Waals surface area contributed by atoms with Gasteiger partial charge in [0, 0.05) is 11.9 Å². The van der Waals surface area contributed by atoms with E-state index >= 15 is 0 Å². The van der Waals surface area contributed by atoms with E-state index in [0.717, 1.165) is 10.6 Å². The summed E-state index contributed by atoms with van der Waals surface area (Å²) in [6.45, 7) is -0.0634. The lowest BCUT2D eigenvalue weighted by atomic mass is 10.1. The Labute approximate surface area is 178 Å². The van der Waals surface area contributed by atoms with E-state index in [1.54, 1.807) is 30.3 Å². The minimum Gasteiger partial charge on any atom is -0.490 e. The molecule has 1 aromatic carbocycles. The van der Waals surface area contributed by atoms with Gasteiger partial charge in [0.1, 0.15) is 24.0 Å². The maximum absolute atomic E-state index is 13.3. The topological polar surface area (TPSA) is 75.2 Å². The van der Waals surface area contributed by atoms with Gasteiger partial charge < -0.3 is 14.4 Å². The quantitative estimate of drug-likeness (QED) is 0.606. The molecule has 0 saturated carbocycles. The molecule has 2 heterocycles. The minimum atomic E-state index is -4.83. The van der Waals surface area contributed by atoms with Crippen molar-refractivity contribution >= 4 is 22.9 Å². The van der Waals surface area contributed by atoms with E-state index in [0.29, 0.717) is 26.1 Å². The van der Waals surface area contributed by atoms with Crippen LogP contribution < -0.4 is 10.3 Å². The molecule has 0 radical (unpaired) electrons. The molecule has 1 N–H and O–H groups in total. The van der Waals surface area contributed by atoms with E-state index in [2.05, 4.69) is 0 Å². The summed E-state index contributed by atoms with van der Waals surface area (Å²) < 4.78 is 46.4. The van der Waals surface area contributed by atoms with Gasteiger partial charge in [-0.25, -0.2) is 0 Å². The summed E-state index contributed by atoms with van der Waals surface area (Å²) in [6, 6.07) is 10.5. The lowest BCUT2D eigenvalue weighted by Gasteiger charge is -2.13. The van der Waals surface area contributed by atoms with Crippen molar-refractivity contribution in [2.75, 3.05) is 13.2 Å². The van der Waals surface area contributed by atoms with Crippen LogP contribution in [0.15, 0.2) is 41.2 Å². The number of hydrogen-bond acceptors (Lipinski definition) is 5. The van der Waals surface area contributed by atoms with Crippen LogP contribution in [-0.2, 0) is 13.2 Å². The van der Waals surface area contributed by atoms with Crippen LogP contribution in [0.25, 0.3) is 21.0 Å². The maximum Gasteiger partial charge on any atom is 0.417 e. The lowest BCUT2D eigenvalue weighted by molar-refractivity contribution is -0.137. The third-order valence-electron chi connectivity index (χ3n) is 4.27. The van der Waals surface area contributed by atoms with Crippen LogP contribution in [0.5, 0.6) is 5.75 Å². The molecule has 3 rings (SSSR count). The van der Waals surface area contributed by atoms with Crippen molar-refractivity contribution in [1.29, 1.82) is 5.26 Å². The van der Waals surface area contributed by atoms with Crippen LogP contribution in [0.3, 0.4) is 0 Å². The van der Waals surface area contributed by atoms with E-state index in [1.807, 2.05) is 0 Å². The number of nitriles is 1. The van der Waals surface area contributed by atoms with Crippen molar-refractivity contribution in [3.05, 3.63) is 62.9 Å². The highest BCUT2D eigenvalue weighted by atomic mass is 35.5. The van der Waals surface area contributed by atoms with Crippen LogP contribution in [0, 0.1) is 11.3 Å². The Morgan fingerprint density at radius 2 is 1.93 bits per heavy atom. The molecule has 0 aliphatic carbocycles. The second kappa shape index (κ2) is 8.52. The zero-order chi connectivity index (χ0) is 22.1. The largest absolute Gasteiger partial charge is 0.490 e. The Bertz CT molecular complexity index is 1200. The van der Waals surface area contributed by atoms with E-state index in [9.17, 15) is 18.0 Å². The van der Waals surface area contributed by atoms with Crippen molar-refractivity contribution in [2.24, 2.45) is 7.05 Å². The van der Waals surface area contributed by atoms with Crippen LogP contribution in [-0.4, -0.2) is 22.9 Å². The number of thiophene rings is 1. The molecule has 156 valence electrons. The molecular formula is C20H14ClF3N2O3S. The first-order valence-corrected chi connectivity index (χ1v) is 9.72. The highest BCUT2D eigenvalue weighted by molar-refractivity contribution is 7.18. The number of aromatic nitrogens is 1. The Morgan fingerprint density at radius 1 is 1.23 bits per heavy atom. The number of alkyl halides is 3. The number of rotatable bonds is 5. The van der Waals surface area contributed by atoms with Gasteiger partial charge in [0.25, 0.3) is 5.56 Å². The number of hydrogen-bond donors (Lipinski definition) is 1. The average molecular weight is 455 g/mol. The average Bonchev–Trinajstić information content (AvgIpc) is 3.18. The summed E-state index contributed by atoms with van der Waals surface area (Å²) in [5.41, 5.74) is -2.44. The molecular weight excluding hydrogens is 441 g/mol. The fourth-order valence-electron chi connectivity index (χ4n) is 2.82. The maximum atomic E-state index is 13.3. The molecule has 0 unspecified atom stereocenters. The summed E-state index contributed by atoms with van der Waals surface area (Å²) in [7, 11) is 1.32. The van der Waals surface area contributed by atoms with Gasteiger partial charge in [-0.2, -0.15) is 18.4 Å². The number of halogens is 4. The first kappa shape index (κ1) is 21.9. The molecule has 0 aliphatic rings. The number of aliphatic hydroxyl groups excluding tert-OH is 1. The molecule has 2 aromatic heterocycles. The van der Waals surface area contributed by atoms with Gasteiger partial charge in [0.05, 0.1) is 27.8 Å². The van der Waals surface area contributed by atoms with Gasteiger partial charge in [0.2, 0.25) is 0 Å². The van der Waals surface area contributed by atoms with Gasteiger partial charge in [-0.1, -0.05) is 11.6 Å². The monoisotopic (exact) mass is 454 g/mol. The summed E-state index contributed by atoms with van der Waals surface area (Å²) in [6.07, 6.45) is -4.83. The summed E-state index contributed by atoms with van der Waals surface area (Å²) in [4.78, 5) is 13.4. The predicted octanol–water partition coefficient (Wildman–Crippen LogP) is 4.70. The molecule has 0 atom stereocenters. The second-order valence-electron chi connectivity index (χ2n) is 6.17. The molecule has 5 nitrogen and oxygen atoms in total. The molecule has 3 aromatic rings. The molecule has 0 amide bonds. The van der Waals surface area contributed by atoms with E-state index in [1.165, 1.54) is 24.5 Å². The van der Waals surface area contributed by atoms with Crippen molar-refractivity contribution in [3.63, 3.8) is 0 Å². The summed E-state index contributed by atoms with van der Waals surface area (Å²) in [5, 5.41) is 18.2. The molecule has 0 aliphatic heterocycles. The Balaban J connectivity index is 2.05. The smallest absolute Gasteiger partial charge is 0.417 e. The zero-order valence-electron chi connectivity index (χ0n) is 15.5. The summed E-state index contributed by atoms with van der Waals surface area (Å²) in [5.74, 6) is 0.399. The van der Waals surface area contributed by atoms with Crippen LogP contribution in [0.4, 0.5) is 13.2 Å². The van der Waals surface area contributed by atoms with Gasteiger partial charge in [-0.3, -0.25) is 4.79 Å². The fraction of sp³-hybridized carbons (Fsp3) is 0.200. The van der Waals surface area contributed by atoms with Gasteiger partial charge >= 0.3 is 6.18 Å². The Morgan fingerprint density at radius 3 is 2.53 bits per heavy atom. The first-order chi connectivity index (χ1) is 14.2. The van der Waals surface area contributed by atoms with Crippen LogP contribution >= 0.6 is 22.9 Å². The molecule has 0 bridgehead atoms. The predicted molar refractivity (Wildman–Crippen MR) is 108 cm³/mol. The highest BCUT2D eigenvalue weighted by Gasteiger charge is 2.36. The Kier molecular flexibility index (Phi) is 6.22. The summed E-state index contributed by atoms with van der Waals surface area (Å²) >= 11 is 7.36. The number of pyridine rings is 1. The number of nitrogens with zero attached hydrogens (tertiary/aromatic N) is 2. The SMILES string of the molecule is Cn1c(-c2ccc(-c3ccc(OCCO)c(Cl)c3)s2)cc(C(F)(F)F)c(C#N)c1=O. The highest BCUT2D eigenvalue weighted by Crippen LogP contribution is 2.39. The van der Waals surface area contributed by atoms with Gasteiger partial charge in [-0.05, 0) is 42.0 Å². The standard InChI is InChI=1S/C20H14ClF3N2O3S/c1-26-15(9-13(20(22,23)24)12(10-25)19(26)28)18-5-4-17(30-18)11-2-3-16(14(21)8-11)29-7-6-27/h2-5,8-9,27H,6-7H2,1H3. The zero-order valence-corrected chi connectivity index (χ0v) is 17.0. The normalized spacial score (nSPS) is 11.4. The molecule has 0 saturated heterocycles. The van der Waals surface area contributed by atoms with Crippen molar-refractivity contribution in [3.8, 4) is 32.8 Å². The first-order valence-electron chi connectivity index (χ1n) is 8.52. The van der Waals surface area contributed by atoms with E-state index in [-0.39, 0.29) is 18.9 Å². The number of aliphatic hydroxyl groups is 1. The van der Waals surface area contributed by atoms with Crippen molar-refractivity contribution in [1.82, 2.24) is 4.57 Å². The fourth-order valence-corrected chi connectivity index (χ4v) is 4.11. The van der Waals surface area contributed by atoms with Crippen molar-refractivity contribution in [2.45, 2.75) is 6.18 Å².